The summed E-state index contributed by atoms with van der Waals surface area (Å²) in [4.78, 5) is 26.2. The van der Waals surface area contributed by atoms with Gasteiger partial charge in [-0.15, -0.1) is 0 Å². The number of rotatable bonds is 4. The number of anilines is 1. The van der Waals surface area contributed by atoms with Crippen LogP contribution in [0.2, 0.25) is 0 Å². The molecule has 0 spiro atoms. The summed E-state index contributed by atoms with van der Waals surface area (Å²) in [5, 5.41) is 13.5. The van der Waals surface area contributed by atoms with Gasteiger partial charge < -0.3 is 9.47 Å². The highest BCUT2D eigenvalue weighted by Crippen LogP contribution is 2.32. The number of nitrogens with zero attached hydrogens (tertiary/aromatic N) is 2. The average Bonchev–Trinajstić information content (AvgIpc) is 3.04. The van der Waals surface area contributed by atoms with Crippen molar-refractivity contribution >= 4 is 17.6 Å². The maximum absolute atomic E-state index is 11.9. The second kappa shape index (κ2) is 6.41. The minimum atomic E-state index is -0.677. The summed E-state index contributed by atoms with van der Waals surface area (Å²) in [6, 6.07) is 9.23. The van der Waals surface area contributed by atoms with Gasteiger partial charge in [-0.2, -0.15) is 0 Å². The fraction of sp³-hybridized carbons (Fsp3) is 0.200. The number of pyridine rings is 1. The van der Waals surface area contributed by atoms with Gasteiger partial charge in [0.05, 0.1) is 23.7 Å². The number of fused-ring (bicyclic) bond motifs is 1. The van der Waals surface area contributed by atoms with Crippen molar-refractivity contribution in [1.29, 1.82) is 0 Å². The lowest BCUT2D eigenvalue weighted by molar-refractivity contribution is -0.386. The van der Waals surface area contributed by atoms with E-state index in [2.05, 4.69) is 10.3 Å². The summed E-state index contributed by atoms with van der Waals surface area (Å²) in [6.45, 7) is 0.415. The molecule has 0 atom stereocenters. The molecule has 0 aliphatic carbocycles. The van der Waals surface area contributed by atoms with Crippen molar-refractivity contribution in [2.75, 3.05) is 5.32 Å². The largest absolute Gasteiger partial charge is 0.444 e. The number of nitro groups is 1. The van der Waals surface area contributed by atoms with Crippen LogP contribution in [0.3, 0.4) is 0 Å². The number of ether oxygens (including phenoxy) is 2. The molecule has 23 heavy (non-hydrogen) atoms. The molecule has 2 heterocycles. The average molecular weight is 315 g/mol. The molecular weight excluding hydrogens is 302 g/mol. The summed E-state index contributed by atoms with van der Waals surface area (Å²) >= 11 is 0. The first-order valence-corrected chi connectivity index (χ1v) is 6.85. The van der Waals surface area contributed by atoms with Crippen LogP contribution in [-0.2, 0) is 29.3 Å². The van der Waals surface area contributed by atoms with Gasteiger partial charge in [-0.25, -0.2) is 9.78 Å². The monoisotopic (exact) mass is 315 g/mol. The Hall–Kier alpha value is -3.00. The second-order valence-electron chi connectivity index (χ2n) is 4.89. The molecule has 8 heteroatoms. The topological polar surface area (TPSA) is 104 Å². The van der Waals surface area contributed by atoms with E-state index in [9.17, 15) is 14.9 Å². The predicted molar refractivity (Wildman–Crippen MR) is 79.6 cm³/mol. The van der Waals surface area contributed by atoms with Crippen molar-refractivity contribution in [3.05, 3.63) is 63.3 Å². The summed E-state index contributed by atoms with van der Waals surface area (Å²) < 4.78 is 10.3. The molecule has 2 aromatic rings. The van der Waals surface area contributed by atoms with Gasteiger partial charge in [0, 0.05) is 5.56 Å². The third-order valence-corrected chi connectivity index (χ3v) is 3.40. The lowest BCUT2D eigenvalue weighted by atomic mass is 10.1. The van der Waals surface area contributed by atoms with Gasteiger partial charge in [-0.05, 0) is 5.56 Å². The van der Waals surface area contributed by atoms with Gasteiger partial charge >= 0.3 is 6.09 Å². The van der Waals surface area contributed by atoms with E-state index >= 15 is 0 Å². The number of amides is 1. The molecule has 3 rings (SSSR count). The maximum atomic E-state index is 11.9. The third-order valence-electron chi connectivity index (χ3n) is 3.40. The van der Waals surface area contributed by atoms with E-state index in [1.54, 1.807) is 0 Å². The Balaban J connectivity index is 1.70. The highest BCUT2D eigenvalue weighted by molar-refractivity contribution is 5.85. The van der Waals surface area contributed by atoms with Crippen LogP contribution >= 0.6 is 0 Å². The Morgan fingerprint density at radius 3 is 2.78 bits per heavy atom. The lowest BCUT2D eigenvalue weighted by Gasteiger charge is -2.09. The standard InChI is InChI=1S/C15H13N3O5/c19-15(23-7-10-4-2-1-3-5-10)17-14-12-9-22-8-11(12)13(6-16-14)18(20)21/h1-6H,7-9H2,(H,16,17,19). The molecule has 118 valence electrons. The molecule has 0 saturated carbocycles. The zero-order valence-corrected chi connectivity index (χ0v) is 12.0. The molecule has 0 bridgehead atoms. The molecule has 0 unspecified atom stereocenters. The fourth-order valence-electron chi connectivity index (χ4n) is 2.27. The molecular formula is C15H13N3O5. The highest BCUT2D eigenvalue weighted by Gasteiger charge is 2.27. The molecule has 0 saturated heterocycles. The summed E-state index contributed by atoms with van der Waals surface area (Å²) in [7, 11) is 0. The lowest BCUT2D eigenvalue weighted by Crippen LogP contribution is -2.16. The van der Waals surface area contributed by atoms with Crippen molar-refractivity contribution in [3.63, 3.8) is 0 Å². The van der Waals surface area contributed by atoms with Gasteiger partial charge in [-0.1, -0.05) is 30.3 Å². The predicted octanol–water partition coefficient (Wildman–Crippen LogP) is 2.77. The number of carbonyl (C=O) groups is 1. The van der Waals surface area contributed by atoms with Crippen molar-refractivity contribution in [2.45, 2.75) is 19.8 Å². The Kier molecular flexibility index (Phi) is 4.15. The highest BCUT2D eigenvalue weighted by atomic mass is 16.6. The van der Waals surface area contributed by atoms with Crippen LogP contribution in [0.25, 0.3) is 0 Å². The van der Waals surface area contributed by atoms with E-state index in [1.807, 2.05) is 30.3 Å². The molecule has 1 amide bonds. The van der Waals surface area contributed by atoms with Crippen molar-refractivity contribution in [2.24, 2.45) is 0 Å². The molecule has 8 nitrogen and oxygen atoms in total. The van der Waals surface area contributed by atoms with Crippen molar-refractivity contribution in [1.82, 2.24) is 4.98 Å². The molecule has 1 aromatic heterocycles. The first kappa shape index (κ1) is 14.9. The normalized spacial score (nSPS) is 12.5. The first-order chi connectivity index (χ1) is 11.1. The molecule has 1 aliphatic rings. The molecule has 1 N–H and O–H groups in total. The van der Waals surface area contributed by atoms with Crippen LogP contribution in [0.5, 0.6) is 0 Å². The van der Waals surface area contributed by atoms with E-state index < -0.39 is 11.0 Å². The van der Waals surface area contributed by atoms with Gasteiger partial charge in [0.15, 0.2) is 0 Å². The van der Waals surface area contributed by atoms with E-state index in [-0.39, 0.29) is 31.3 Å². The number of nitrogens with one attached hydrogen (secondary N) is 1. The number of carbonyl (C=O) groups excluding carboxylic acids is 1. The summed E-state index contributed by atoms with van der Waals surface area (Å²) in [6.07, 6.45) is 0.435. The number of hydrogen-bond donors (Lipinski definition) is 1. The minimum Gasteiger partial charge on any atom is -0.444 e. The summed E-state index contributed by atoms with van der Waals surface area (Å²) in [5.41, 5.74) is 1.69. The quantitative estimate of drug-likeness (QED) is 0.687. The van der Waals surface area contributed by atoms with Crippen LogP contribution in [0, 0.1) is 10.1 Å². The second-order valence-corrected chi connectivity index (χ2v) is 4.89. The first-order valence-electron chi connectivity index (χ1n) is 6.85. The van der Waals surface area contributed by atoms with E-state index in [4.69, 9.17) is 9.47 Å². The van der Waals surface area contributed by atoms with E-state index in [1.165, 1.54) is 0 Å². The van der Waals surface area contributed by atoms with Gasteiger partial charge in [0.2, 0.25) is 0 Å². The molecule has 1 aromatic carbocycles. The van der Waals surface area contributed by atoms with Gasteiger partial charge in [-0.3, -0.25) is 15.4 Å². The summed E-state index contributed by atoms with van der Waals surface area (Å²) in [5.74, 6) is 0.223. The zero-order valence-electron chi connectivity index (χ0n) is 12.0. The smallest absolute Gasteiger partial charge is 0.413 e. The molecule has 0 fully saturated rings. The Bertz CT molecular complexity index is 748. The van der Waals surface area contributed by atoms with Crippen LogP contribution in [0.4, 0.5) is 16.3 Å². The van der Waals surface area contributed by atoms with Crippen LogP contribution in [-0.4, -0.2) is 16.0 Å². The Morgan fingerprint density at radius 1 is 1.30 bits per heavy atom. The van der Waals surface area contributed by atoms with Gasteiger partial charge in [0.1, 0.15) is 18.6 Å². The maximum Gasteiger partial charge on any atom is 0.413 e. The van der Waals surface area contributed by atoms with Crippen LogP contribution in [0.15, 0.2) is 36.5 Å². The number of benzene rings is 1. The number of hydrogen-bond acceptors (Lipinski definition) is 6. The van der Waals surface area contributed by atoms with Crippen LogP contribution in [0.1, 0.15) is 16.7 Å². The zero-order chi connectivity index (χ0) is 16.2. The Morgan fingerprint density at radius 2 is 2.04 bits per heavy atom. The minimum absolute atomic E-state index is 0.110. The SMILES string of the molecule is O=C(Nc1ncc([N+](=O)[O-])c2c1COC2)OCc1ccccc1. The fourth-order valence-corrected chi connectivity index (χ4v) is 2.27. The van der Waals surface area contributed by atoms with E-state index in [0.29, 0.717) is 11.1 Å². The van der Waals surface area contributed by atoms with Gasteiger partial charge in [0.25, 0.3) is 5.69 Å². The molecule has 0 radical (unpaired) electrons. The molecule has 1 aliphatic heterocycles. The Labute approximate surface area is 131 Å². The number of aromatic nitrogens is 1. The third kappa shape index (κ3) is 3.27. The van der Waals surface area contributed by atoms with E-state index in [0.717, 1.165) is 11.8 Å². The van der Waals surface area contributed by atoms with Crippen molar-refractivity contribution in [3.8, 4) is 0 Å². The van der Waals surface area contributed by atoms with Crippen molar-refractivity contribution < 1.29 is 19.2 Å². The van der Waals surface area contributed by atoms with Crippen LogP contribution < -0.4 is 5.32 Å².